The summed E-state index contributed by atoms with van der Waals surface area (Å²) in [5.41, 5.74) is 0.946. The Hall–Kier alpha value is -1.79. The van der Waals surface area contributed by atoms with Gasteiger partial charge in [0, 0.05) is 6.54 Å². The van der Waals surface area contributed by atoms with Gasteiger partial charge in [0.05, 0.1) is 25.7 Å². The third-order valence-corrected chi connectivity index (χ3v) is 4.79. The zero-order chi connectivity index (χ0) is 16.4. The van der Waals surface area contributed by atoms with Crippen LogP contribution >= 0.6 is 0 Å². The number of hydrogen-bond donors (Lipinski definition) is 0. The molecule has 1 amide bonds. The molecule has 0 saturated carbocycles. The van der Waals surface area contributed by atoms with Crippen LogP contribution < -0.4 is 9.47 Å². The van der Waals surface area contributed by atoms with Crippen LogP contribution in [0.1, 0.15) is 24.8 Å². The molecule has 130 valence electrons. The van der Waals surface area contributed by atoms with Crippen molar-refractivity contribution in [2.75, 3.05) is 33.0 Å². The summed E-state index contributed by atoms with van der Waals surface area (Å²) in [6, 6.07) is 5.76. The summed E-state index contributed by atoms with van der Waals surface area (Å²) in [5, 5.41) is 0. The van der Waals surface area contributed by atoms with E-state index < -0.39 is 0 Å². The molecule has 4 rings (SSSR count). The Kier molecular flexibility index (Phi) is 4.58. The predicted octanol–water partition coefficient (Wildman–Crippen LogP) is 1.75. The molecule has 6 heteroatoms. The second kappa shape index (κ2) is 6.99. The van der Waals surface area contributed by atoms with E-state index in [0.717, 1.165) is 42.9 Å². The van der Waals surface area contributed by atoms with Crippen molar-refractivity contribution in [3.8, 4) is 11.5 Å². The lowest BCUT2D eigenvalue weighted by molar-refractivity contribution is -0.149. The van der Waals surface area contributed by atoms with Gasteiger partial charge in [0.2, 0.25) is 5.91 Å². The number of carbonyl (C=O) groups excluding carboxylic acids is 1. The third-order valence-electron chi connectivity index (χ3n) is 4.79. The van der Waals surface area contributed by atoms with Gasteiger partial charge >= 0.3 is 0 Å². The number of nitrogens with zero attached hydrogens (tertiary/aromatic N) is 1. The first-order valence-corrected chi connectivity index (χ1v) is 8.72. The van der Waals surface area contributed by atoms with Gasteiger partial charge in [-0.3, -0.25) is 4.79 Å². The van der Waals surface area contributed by atoms with Gasteiger partial charge in [0.1, 0.15) is 13.2 Å². The van der Waals surface area contributed by atoms with Crippen molar-refractivity contribution in [3.63, 3.8) is 0 Å². The summed E-state index contributed by atoms with van der Waals surface area (Å²) in [6.07, 6.45) is 3.18. The van der Waals surface area contributed by atoms with E-state index in [-0.39, 0.29) is 18.2 Å². The van der Waals surface area contributed by atoms with E-state index in [4.69, 9.17) is 18.9 Å². The molecule has 3 aliphatic rings. The summed E-state index contributed by atoms with van der Waals surface area (Å²) < 4.78 is 22.4. The molecule has 1 aromatic carbocycles. The lowest BCUT2D eigenvalue weighted by atomic mass is 10.00. The van der Waals surface area contributed by atoms with Crippen LogP contribution in [0.3, 0.4) is 0 Å². The number of rotatable bonds is 3. The fourth-order valence-electron chi connectivity index (χ4n) is 3.62. The molecule has 6 nitrogen and oxygen atoms in total. The Morgan fingerprint density at radius 1 is 1.04 bits per heavy atom. The van der Waals surface area contributed by atoms with Gasteiger partial charge in [0.15, 0.2) is 17.8 Å². The molecule has 2 saturated heterocycles. The minimum Gasteiger partial charge on any atom is -0.486 e. The van der Waals surface area contributed by atoms with Crippen molar-refractivity contribution >= 4 is 5.91 Å². The largest absolute Gasteiger partial charge is 0.486 e. The van der Waals surface area contributed by atoms with Crippen LogP contribution in [0.5, 0.6) is 11.5 Å². The summed E-state index contributed by atoms with van der Waals surface area (Å²) in [6.45, 7) is 3.13. The molecule has 0 N–H and O–H groups in total. The van der Waals surface area contributed by atoms with Crippen molar-refractivity contribution in [2.45, 2.75) is 38.0 Å². The van der Waals surface area contributed by atoms with Gasteiger partial charge in [-0.15, -0.1) is 0 Å². The number of piperidine rings is 1. The van der Waals surface area contributed by atoms with Crippen LogP contribution in [0, 0.1) is 0 Å². The second-order valence-corrected chi connectivity index (χ2v) is 6.42. The van der Waals surface area contributed by atoms with Gasteiger partial charge in [-0.2, -0.15) is 0 Å². The van der Waals surface area contributed by atoms with Gasteiger partial charge in [-0.05, 0) is 37.0 Å². The van der Waals surface area contributed by atoms with E-state index in [1.807, 2.05) is 23.1 Å². The van der Waals surface area contributed by atoms with E-state index in [0.29, 0.717) is 32.8 Å². The van der Waals surface area contributed by atoms with E-state index >= 15 is 0 Å². The number of fused-ring (bicyclic) bond motifs is 1. The fraction of sp³-hybridized carbons (Fsp3) is 0.611. The maximum absolute atomic E-state index is 12.8. The van der Waals surface area contributed by atoms with Crippen molar-refractivity contribution in [1.82, 2.24) is 4.90 Å². The van der Waals surface area contributed by atoms with E-state index in [2.05, 4.69) is 0 Å². The minimum absolute atomic E-state index is 0.0333. The molecule has 0 radical (unpaired) electrons. The highest BCUT2D eigenvalue weighted by Crippen LogP contribution is 2.31. The first kappa shape index (κ1) is 15.7. The highest BCUT2D eigenvalue weighted by molar-refractivity contribution is 5.79. The molecule has 0 aliphatic carbocycles. The average Bonchev–Trinajstić information content (AvgIpc) is 3.16. The molecule has 0 spiro atoms. The topological polar surface area (TPSA) is 57.2 Å². The first-order chi connectivity index (χ1) is 11.8. The normalized spacial score (nSPS) is 24.2. The number of ether oxygens (including phenoxy) is 4. The smallest absolute Gasteiger partial charge is 0.227 e. The van der Waals surface area contributed by atoms with Crippen LogP contribution in [0.25, 0.3) is 0 Å². The summed E-state index contributed by atoms with van der Waals surface area (Å²) in [7, 11) is 0. The Morgan fingerprint density at radius 3 is 2.67 bits per heavy atom. The molecule has 1 atom stereocenters. The fourth-order valence-corrected chi connectivity index (χ4v) is 3.62. The van der Waals surface area contributed by atoms with Crippen molar-refractivity contribution in [3.05, 3.63) is 23.8 Å². The first-order valence-electron chi connectivity index (χ1n) is 8.72. The van der Waals surface area contributed by atoms with Crippen LogP contribution in [0.2, 0.25) is 0 Å². The summed E-state index contributed by atoms with van der Waals surface area (Å²) in [4.78, 5) is 14.8. The molecule has 1 unspecified atom stereocenters. The molecule has 1 aromatic rings. The molecule has 3 aliphatic heterocycles. The van der Waals surface area contributed by atoms with Crippen molar-refractivity contribution in [1.29, 1.82) is 0 Å². The van der Waals surface area contributed by atoms with Gasteiger partial charge in [0.25, 0.3) is 0 Å². The number of amides is 1. The molecule has 0 aromatic heterocycles. The van der Waals surface area contributed by atoms with Crippen LogP contribution in [0.15, 0.2) is 18.2 Å². The summed E-state index contributed by atoms with van der Waals surface area (Å²) >= 11 is 0. The van der Waals surface area contributed by atoms with E-state index in [1.165, 1.54) is 0 Å². The van der Waals surface area contributed by atoms with Crippen molar-refractivity contribution < 1.29 is 23.7 Å². The molecule has 24 heavy (non-hydrogen) atoms. The zero-order valence-electron chi connectivity index (χ0n) is 13.7. The van der Waals surface area contributed by atoms with E-state index in [1.54, 1.807) is 0 Å². The Morgan fingerprint density at radius 2 is 1.83 bits per heavy atom. The lowest BCUT2D eigenvalue weighted by Crippen LogP contribution is -2.50. The van der Waals surface area contributed by atoms with Gasteiger partial charge < -0.3 is 23.8 Å². The van der Waals surface area contributed by atoms with Crippen LogP contribution in [0.4, 0.5) is 0 Å². The quantitative estimate of drug-likeness (QED) is 0.843. The maximum atomic E-state index is 12.8. The number of hydrogen-bond acceptors (Lipinski definition) is 5. The van der Waals surface area contributed by atoms with Gasteiger partial charge in [-0.1, -0.05) is 6.07 Å². The SMILES string of the molecule is O=C(Cc1ccc2c(c1)OCCO2)N1CCCCC1C1OCCO1. The maximum Gasteiger partial charge on any atom is 0.227 e. The molecular weight excluding hydrogens is 310 g/mol. The lowest BCUT2D eigenvalue weighted by Gasteiger charge is -2.38. The monoisotopic (exact) mass is 333 g/mol. The average molecular weight is 333 g/mol. The summed E-state index contributed by atoms with van der Waals surface area (Å²) in [5.74, 6) is 1.60. The van der Waals surface area contributed by atoms with Crippen molar-refractivity contribution in [2.24, 2.45) is 0 Å². The predicted molar refractivity (Wildman–Crippen MR) is 86.2 cm³/mol. The number of likely N-dealkylation sites (tertiary alicyclic amines) is 1. The van der Waals surface area contributed by atoms with Crippen LogP contribution in [-0.2, 0) is 20.7 Å². The Labute approximate surface area is 141 Å². The van der Waals surface area contributed by atoms with Crippen LogP contribution in [-0.4, -0.2) is 56.1 Å². The molecule has 3 heterocycles. The Balaban J connectivity index is 1.46. The zero-order valence-corrected chi connectivity index (χ0v) is 13.7. The minimum atomic E-state index is -0.269. The third kappa shape index (κ3) is 3.21. The molecule has 0 bridgehead atoms. The highest BCUT2D eigenvalue weighted by atomic mass is 16.7. The molecular formula is C18H23NO5. The Bertz CT molecular complexity index is 599. The molecule has 2 fully saturated rings. The standard InChI is InChI=1S/C18H23NO5/c20-17(12-13-4-5-15-16(11-13)22-8-7-21-15)19-6-2-1-3-14(19)18-23-9-10-24-18/h4-5,11,14,18H,1-3,6-10,12H2. The highest BCUT2D eigenvalue weighted by Gasteiger charge is 2.36. The number of carbonyl (C=O) groups is 1. The second-order valence-electron chi connectivity index (χ2n) is 6.42. The number of benzene rings is 1. The van der Waals surface area contributed by atoms with E-state index in [9.17, 15) is 4.79 Å². The van der Waals surface area contributed by atoms with Gasteiger partial charge in [-0.25, -0.2) is 0 Å².